The van der Waals surface area contributed by atoms with Crippen molar-refractivity contribution in [1.29, 1.82) is 0 Å². The van der Waals surface area contributed by atoms with Gasteiger partial charge in [-0.05, 0) is 42.3 Å². The molecule has 2 aromatic carbocycles. The summed E-state index contributed by atoms with van der Waals surface area (Å²) in [7, 11) is 6.58. The third kappa shape index (κ3) is 3.24. The molecule has 0 saturated heterocycles. The molecule has 1 aliphatic rings. The zero-order valence-corrected chi connectivity index (χ0v) is 16.0. The van der Waals surface area contributed by atoms with E-state index in [2.05, 4.69) is 16.7 Å². The Labute approximate surface area is 159 Å². The van der Waals surface area contributed by atoms with Crippen LogP contribution >= 0.6 is 0 Å². The Morgan fingerprint density at radius 1 is 1.07 bits per heavy atom. The monoisotopic (exact) mass is 365 g/mol. The van der Waals surface area contributed by atoms with Crippen LogP contribution in [0.15, 0.2) is 42.5 Å². The highest BCUT2D eigenvalue weighted by Crippen LogP contribution is 2.44. The molecule has 1 atom stereocenters. The molecule has 0 fully saturated rings. The highest BCUT2D eigenvalue weighted by molar-refractivity contribution is 5.89. The molecular weight excluding hydrogens is 342 g/mol. The molecule has 5 nitrogen and oxygen atoms in total. The van der Waals surface area contributed by atoms with Crippen LogP contribution in [0.5, 0.6) is 11.5 Å². The summed E-state index contributed by atoms with van der Waals surface area (Å²) in [5.74, 6) is 6.61. The molecule has 0 spiro atoms. The standard InChI is InChI=1S/C22H23NO4/c1-23-13-11-16-14-19(25-2)20(26-3)15-18(16)22(23,12-10-21(24)27-4)17-8-6-5-7-9-17/h5-9,14-15H,11,13H2,1-4H3. The zero-order valence-electron chi connectivity index (χ0n) is 16.0. The lowest BCUT2D eigenvalue weighted by Gasteiger charge is -2.43. The molecule has 0 amide bonds. The molecule has 0 aromatic heterocycles. The number of hydrogen-bond acceptors (Lipinski definition) is 5. The van der Waals surface area contributed by atoms with Crippen molar-refractivity contribution in [3.8, 4) is 23.3 Å². The predicted octanol–water partition coefficient (Wildman–Crippen LogP) is 2.61. The maximum Gasteiger partial charge on any atom is 0.384 e. The number of likely N-dealkylation sites (N-methyl/N-ethyl adjacent to an activating group) is 1. The molecule has 0 bridgehead atoms. The van der Waals surface area contributed by atoms with Gasteiger partial charge in [-0.15, -0.1) is 0 Å². The van der Waals surface area contributed by atoms with E-state index in [1.807, 2.05) is 49.5 Å². The van der Waals surface area contributed by atoms with Crippen LogP contribution in [-0.2, 0) is 21.5 Å². The van der Waals surface area contributed by atoms with E-state index in [0.717, 1.165) is 29.7 Å². The van der Waals surface area contributed by atoms with Crippen LogP contribution in [0.25, 0.3) is 0 Å². The van der Waals surface area contributed by atoms with Gasteiger partial charge < -0.3 is 14.2 Å². The summed E-state index contributed by atoms with van der Waals surface area (Å²) in [4.78, 5) is 14.0. The summed E-state index contributed by atoms with van der Waals surface area (Å²) < 4.78 is 15.8. The summed E-state index contributed by atoms with van der Waals surface area (Å²) >= 11 is 0. The Morgan fingerprint density at radius 2 is 1.74 bits per heavy atom. The minimum atomic E-state index is -0.789. The van der Waals surface area contributed by atoms with E-state index in [0.29, 0.717) is 11.5 Å². The fourth-order valence-electron chi connectivity index (χ4n) is 3.61. The van der Waals surface area contributed by atoms with Crippen molar-refractivity contribution < 1.29 is 19.0 Å². The first-order valence-corrected chi connectivity index (χ1v) is 8.70. The third-order valence-electron chi connectivity index (χ3n) is 5.01. The second-order valence-corrected chi connectivity index (χ2v) is 6.35. The molecule has 1 heterocycles. The molecule has 0 radical (unpaired) electrons. The number of rotatable bonds is 3. The van der Waals surface area contributed by atoms with Crippen LogP contribution in [0, 0.1) is 11.8 Å². The molecule has 0 aliphatic carbocycles. The van der Waals surface area contributed by atoms with Crippen LogP contribution in [0.1, 0.15) is 16.7 Å². The van der Waals surface area contributed by atoms with Crippen LogP contribution < -0.4 is 9.47 Å². The summed E-state index contributed by atoms with van der Waals surface area (Å²) in [5, 5.41) is 0. The second kappa shape index (κ2) is 7.73. The van der Waals surface area contributed by atoms with Crippen molar-refractivity contribution in [2.45, 2.75) is 12.0 Å². The number of benzene rings is 2. The van der Waals surface area contributed by atoms with Gasteiger partial charge in [-0.3, -0.25) is 4.90 Å². The van der Waals surface area contributed by atoms with Crippen LogP contribution in [0.4, 0.5) is 0 Å². The van der Waals surface area contributed by atoms with E-state index in [1.54, 1.807) is 14.2 Å². The van der Waals surface area contributed by atoms with Gasteiger partial charge >= 0.3 is 5.97 Å². The van der Waals surface area contributed by atoms with Crippen LogP contribution in [0.2, 0.25) is 0 Å². The fourth-order valence-corrected chi connectivity index (χ4v) is 3.61. The van der Waals surface area contributed by atoms with Crippen molar-refractivity contribution in [2.24, 2.45) is 0 Å². The largest absolute Gasteiger partial charge is 0.493 e. The van der Waals surface area contributed by atoms with Gasteiger partial charge in [0.2, 0.25) is 0 Å². The number of esters is 1. The van der Waals surface area contributed by atoms with Crippen molar-refractivity contribution in [1.82, 2.24) is 4.90 Å². The van der Waals surface area contributed by atoms with E-state index < -0.39 is 11.5 Å². The molecule has 27 heavy (non-hydrogen) atoms. The number of carbonyl (C=O) groups excluding carboxylic acids is 1. The normalized spacial score (nSPS) is 18.7. The first kappa shape index (κ1) is 18.8. The number of carbonyl (C=O) groups is 1. The average molecular weight is 365 g/mol. The predicted molar refractivity (Wildman–Crippen MR) is 103 cm³/mol. The van der Waals surface area contributed by atoms with Crippen molar-refractivity contribution in [3.63, 3.8) is 0 Å². The Morgan fingerprint density at radius 3 is 2.37 bits per heavy atom. The first-order valence-electron chi connectivity index (χ1n) is 8.70. The Bertz CT molecular complexity index is 898. The molecule has 0 N–H and O–H groups in total. The van der Waals surface area contributed by atoms with Gasteiger partial charge in [-0.1, -0.05) is 36.3 Å². The molecule has 1 aliphatic heterocycles. The molecule has 1 unspecified atom stereocenters. The lowest BCUT2D eigenvalue weighted by Crippen LogP contribution is -2.48. The van der Waals surface area contributed by atoms with E-state index in [-0.39, 0.29) is 0 Å². The van der Waals surface area contributed by atoms with Gasteiger partial charge in [0.05, 0.1) is 21.3 Å². The van der Waals surface area contributed by atoms with Crippen LogP contribution in [-0.4, -0.2) is 45.8 Å². The number of fused-ring (bicyclic) bond motifs is 1. The van der Waals surface area contributed by atoms with Gasteiger partial charge in [-0.2, -0.15) is 0 Å². The van der Waals surface area contributed by atoms with Crippen molar-refractivity contribution >= 4 is 5.97 Å². The Hall–Kier alpha value is -2.97. The van der Waals surface area contributed by atoms with Gasteiger partial charge in [-0.25, -0.2) is 4.79 Å². The smallest absolute Gasteiger partial charge is 0.384 e. The molecule has 140 valence electrons. The summed E-state index contributed by atoms with van der Waals surface area (Å²) in [5.41, 5.74) is 2.30. The second-order valence-electron chi connectivity index (χ2n) is 6.35. The molecule has 2 aromatic rings. The van der Waals surface area contributed by atoms with E-state index in [4.69, 9.17) is 14.2 Å². The quantitative estimate of drug-likeness (QED) is 0.475. The first-order chi connectivity index (χ1) is 13.1. The Kier molecular flexibility index (Phi) is 5.38. The SMILES string of the molecule is COC(=O)C#CC1(c2ccccc2)c2cc(OC)c(OC)cc2CCN1C. The topological polar surface area (TPSA) is 48.0 Å². The van der Waals surface area contributed by atoms with Gasteiger partial charge in [0.15, 0.2) is 11.5 Å². The minimum absolute atomic E-state index is 0.564. The van der Waals surface area contributed by atoms with Crippen molar-refractivity contribution in [3.05, 3.63) is 59.2 Å². The van der Waals surface area contributed by atoms with Gasteiger partial charge in [0, 0.05) is 12.5 Å². The highest BCUT2D eigenvalue weighted by Gasteiger charge is 2.42. The molecular formula is C22H23NO4. The maximum atomic E-state index is 11.8. The fraction of sp³-hybridized carbons (Fsp3) is 0.318. The zero-order chi connectivity index (χ0) is 19.4. The molecule has 0 saturated carbocycles. The van der Waals surface area contributed by atoms with E-state index in [1.165, 1.54) is 7.11 Å². The lowest BCUT2D eigenvalue weighted by molar-refractivity contribution is -0.133. The highest BCUT2D eigenvalue weighted by atomic mass is 16.5. The van der Waals surface area contributed by atoms with E-state index in [9.17, 15) is 4.79 Å². The van der Waals surface area contributed by atoms with E-state index >= 15 is 0 Å². The number of ether oxygens (including phenoxy) is 3. The Balaban J connectivity index is 2.33. The van der Waals surface area contributed by atoms with Gasteiger partial charge in [0.1, 0.15) is 5.54 Å². The third-order valence-corrected chi connectivity index (χ3v) is 5.01. The maximum absolute atomic E-state index is 11.8. The van der Waals surface area contributed by atoms with Crippen LogP contribution in [0.3, 0.4) is 0 Å². The number of methoxy groups -OCH3 is 3. The summed E-state index contributed by atoms with van der Waals surface area (Å²) in [6.07, 6.45) is 0.848. The molecule has 5 heteroatoms. The van der Waals surface area contributed by atoms with Gasteiger partial charge in [0.25, 0.3) is 0 Å². The average Bonchev–Trinajstić information content (AvgIpc) is 2.72. The van der Waals surface area contributed by atoms with Crippen molar-refractivity contribution in [2.75, 3.05) is 34.9 Å². The summed E-state index contributed by atoms with van der Waals surface area (Å²) in [6, 6.07) is 13.9. The number of nitrogens with zero attached hydrogens (tertiary/aromatic N) is 1. The minimum Gasteiger partial charge on any atom is -0.493 e. The molecule has 3 rings (SSSR count). The summed E-state index contributed by atoms with van der Waals surface area (Å²) in [6.45, 7) is 0.785. The number of hydrogen-bond donors (Lipinski definition) is 0. The lowest BCUT2D eigenvalue weighted by atomic mass is 9.76.